The van der Waals surface area contributed by atoms with Crippen LogP contribution in [-0.4, -0.2) is 22.4 Å². The summed E-state index contributed by atoms with van der Waals surface area (Å²) in [5, 5.41) is 4.00. The van der Waals surface area contributed by atoms with Crippen molar-refractivity contribution in [3.05, 3.63) is 71.6 Å². The van der Waals surface area contributed by atoms with E-state index >= 15 is 0 Å². The van der Waals surface area contributed by atoms with Gasteiger partial charge in [-0.15, -0.1) is 0 Å². The van der Waals surface area contributed by atoms with Crippen LogP contribution in [0.15, 0.2) is 60.4 Å². The van der Waals surface area contributed by atoms with Crippen molar-refractivity contribution in [1.82, 2.24) is 15.3 Å². The molecule has 1 aliphatic carbocycles. The van der Waals surface area contributed by atoms with Crippen molar-refractivity contribution in [1.29, 1.82) is 0 Å². The summed E-state index contributed by atoms with van der Waals surface area (Å²) in [6.07, 6.45) is 11.7. The third kappa shape index (κ3) is 4.11. The van der Waals surface area contributed by atoms with Gasteiger partial charge < -0.3 is 5.32 Å². The van der Waals surface area contributed by atoms with E-state index in [1.54, 1.807) is 12.4 Å². The molecule has 28 heavy (non-hydrogen) atoms. The first-order chi connectivity index (χ1) is 13.7. The average Bonchev–Trinajstić information content (AvgIpc) is 2.74. The number of benzene rings is 1. The van der Waals surface area contributed by atoms with Crippen molar-refractivity contribution in [2.24, 2.45) is 0 Å². The van der Waals surface area contributed by atoms with E-state index in [0.717, 1.165) is 34.1 Å². The Morgan fingerprint density at radius 3 is 2.89 bits per heavy atom. The number of carbonyl (C=O) groups is 1. The highest BCUT2D eigenvalue weighted by atomic mass is 16.1. The number of carbonyl (C=O) groups excluding carboxylic acids is 1. The first kappa shape index (κ1) is 18.4. The van der Waals surface area contributed by atoms with E-state index < -0.39 is 0 Å². The normalized spacial score (nSPS) is 14.0. The molecule has 0 atom stereocenters. The molecule has 4 heteroatoms. The maximum atomic E-state index is 13.0. The Bertz CT molecular complexity index is 1020. The van der Waals surface area contributed by atoms with Crippen LogP contribution in [0.3, 0.4) is 0 Å². The monoisotopic (exact) mass is 371 g/mol. The number of nitrogens with one attached hydrogen (secondary N) is 1. The number of aromatic nitrogens is 2. The Labute approximate surface area is 165 Å². The van der Waals surface area contributed by atoms with Gasteiger partial charge in [-0.05, 0) is 69.4 Å². The summed E-state index contributed by atoms with van der Waals surface area (Å²) >= 11 is 0. The highest BCUT2D eigenvalue weighted by molar-refractivity contribution is 6.07. The number of nitrogens with zero attached hydrogens (tertiary/aromatic N) is 2. The number of aryl methyl sites for hydroxylation is 1. The van der Waals surface area contributed by atoms with Gasteiger partial charge in [-0.1, -0.05) is 23.3 Å². The highest BCUT2D eigenvalue weighted by Crippen LogP contribution is 2.25. The zero-order chi connectivity index (χ0) is 19.3. The van der Waals surface area contributed by atoms with Gasteiger partial charge >= 0.3 is 0 Å². The van der Waals surface area contributed by atoms with E-state index in [9.17, 15) is 4.79 Å². The molecule has 0 saturated carbocycles. The van der Waals surface area contributed by atoms with E-state index in [-0.39, 0.29) is 5.91 Å². The fourth-order valence-electron chi connectivity index (χ4n) is 3.75. The minimum atomic E-state index is -0.0421. The molecule has 4 nitrogen and oxygen atoms in total. The van der Waals surface area contributed by atoms with Crippen LogP contribution in [0.1, 0.15) is 48.0 Å². The summed E-state index contributed by atoms with van der Waals surface area (Å²) in [5.41, 5.74) is 5.76. The molecular formula is C24H25N3O. The van der Waals surface area contributed by atoms with Crippen LogP contribution in [0.25, 0.3) is 22.2 Å². The summed E-state index contributed by atoms with van der Waals surface area (Å²) in [5.74, 6) is -0.0421. The molecule has 1 aliphatic rings. The Hall–Kier alpha value is -3.01. The number of amides is 1. The summed E-state index contributed by atoms with van der Waals surface area (Å²) < 4.78 is 0. The Balaban J connectivity index is 1.62. The number of hydrogen-bond acceptors (Lipinski definition) is 3. The van der Waals surface area contributed by atoms with Crippen LogP contribution in [-0.2, 0) is 0 Å². The van der Waals surface area contributed by atoms with Crippen LogP contribution in [0.4, 0.5) is 0 Å². The predicted molar refractivity (Wildman–Crippen MR) is 113 cm³/mol. The van der Waals surface area contributed by atoms with E-state index in [1.807, 2.05) is 43.3 Å². The molecule has 1 N–H and O–H groups in total. The van der Waals surface area contributed by atoms with Crippen molar-refractivity contribution in [3.63, 3.8) is 0 Å². The Morgan fingerprint density at radius 2 is 2.11 bits per heavy atom. The third-order valence-electron chi connectivity index (χ3n) is 5.28. The lowest BCUT2D eigenvalue weighted by Gasteiger charge is -2.14. The zero-order valence-corrected chi connectivity index (χ0v) is 16.2. The molecule has 1 aromatic carbocycles. The van der Waals surface area contributed by atoms with Gasteiger partial charge in [0.05, 0.1) is 16.8 Å². The van der Waals surface area contributed by atoms with Crippen LogP contribution < -0.4 is 5.32 Å². The third-order valence-corrected chi connectivity index (χ3v) is 5.28. The molecule has 0 radical (unpaired) electrons. The lowest BCUT2D eigenvalue weighted by Crippen LogP contribution is -2.25. The smallest absolute Gasteiger partial charge is 0.252 e. The maximum absolute atomic E-state index is 13.0. The quantitative estimate of drug-likeness (QED) is 0.625. The van der Waals surface area contributed by atoms with Crippen LogP contribution in [0.5, 0.6) is 0 Å². The Morgan fingerprint density at radius 1 is 1.18 bits per heavy atom. The molecule has 0 saturated heterocycles. The van der Waals surface area contributed by atoms with Gasteiger partial charge in [-0.2, -0.15) is 0 Å². The standard InChI is InChI=1S/C24H25N3O/c1-17-9-10-22-20(14-17)21(15-23(27-22)19-8-5-12-25-16-19)24(28)26-13-11-18-6-3-2-4-7-18/h5-6,8-10,12,14-16H,2-4,7,11,13H2,1H3,(H,26,28). The molecule has 0 aliphatic heterocycles. The van der Waals surface area contributed by atoms with Crippen LogP contribution >= 0.6 is 0 Å². The number of allylic oxidation sites excluding steroid dienone is 1. The van der Waals surface area contributed by atoms with E-state index in [1.165, 1.54) is 31.3 Å². The SMILES string of the molecule is Cc1ccc2nc(-c3cccnc3)cc(C(=O)NCCC3=CCCCC3)c2c1. The summed E-state index contributed by atoms with van der Waals surface area (Å²) in [7, 11) is 0. The second kappa shape index (κ2) is 8.34. The van der Waals surface area contributed by atoms with Gasteiger partial charge in [0.25, 0.3) is 5.91 Å². The van der Waals surface area contributed by atoms with Gasteiger partial charge in [0, 0.05) is 29.9 Å². The first-order valence-electron chi connectivity index (χ1n) is 9.98. The minimum absolute atomic E-state index is 0.0421. The molecule has 2 heterocycles. The summed E-state index contributed by atoms with van der Waals surface area (Å²) in [6.45, 7) is 2.70. The lowest BCUT2D eigenvalue weighted by molar-refractivity contribution is 0.0955. The molecule has 0 fully saturated rings. The van der Waals surface area contributed by atoms with Crippen molar-refractivity contribution in [2.45, 2.75) is 39.0 Å². The topological polar surface area (TPSA) is 54.9 Å². The van der Waals surface area contributed by atoms with Gasteiger partial charge in [0.15, 0.2) is 0 Å². The molecule has 1 amide bonds. The van der Waals surface area contributed by atoms with Crippen molar-refractivity contribution >= 4 is 16.8 Å². The lowest BCUT2D eigenvalue weighted by atomic mass is 9.97. The summed E-state index contributed by atoms with van der Waals surface area (Å²) in [4.78, 5) is 22.0. The van der Waals surface area contributed by atoms with Crippen LogP contribution in [0.2, 0.25) is 0 Å². The molecule has 0 bridgehead atoms. The van der Waals surface area contributed by atoms with Crippen molar-refractivity contribution in [3.8, 4) is 11.3 Å². The zero-order valence-electron chi connectivity index (χ0n) is 16.2. The van der Waals surface area contributed by atoms with Gasteiger partial charge in [0.2, 0.25) is 0 Å². The molecule has 142 valence electrons. The van der Waals surface area contributed by atoms with Gasteiger partial charge in [-0.3, -0.25) is 9.78 Å². The number of pyridine rings is 2. The molecular weight excluding hydrogens is 346 g/mol. The Kier molecular flexibility index (Phi) is 5.47. The second-order valence-corrected chi connectivity index (χ2v) is 7.43. The van der Waals surface area contributed by atoms with Crippen molar-refractivity contribution < 1.29 is 4.79 Å². The maximum Gasteiger partial charge on any atom is 0.252 e. The van der Waals surface area contributed by atoms with E-state index in [2.05, 4.69) is 16.4 Å². The van der Waals surface area contributed by atoms with Crippen LogP contribution in [0, 0.1) is 6.92 Å². The van der Waals surface area contributed by atoms with Gasteiger partial charge in [0.1, 0.15) is 0 Å². The second-order valence-electron chi connectivity index (χ2n) is 7.43. The van der Waals surface area contributed by atoms with E-state index in [4.69, 9.17) is 4.98 Å². The molecule has 3 aromatic rings. The number of rotatable bonds is 5. The predicted octanol–water partition coefficient (Wildman–Crippen LogP) is 5.23. The minimum Gasteiger partial charge on any atom is -0.352 e. The number of fused-ring (bicyclic) bond motifs is 1. The summed E-state index contributed by atoms with van der Waals surface area (Å²) in [6, 6.07) is 11.8. The molecule has 0 unspecified atom stereocenters. The first-order valence-corrected chi connectivity index (χ1v) is 9.98. The molecule has 2 aromatic heterocycles. The largest absolute Gasteiger partial charge is 0.352 e. The molecule has 0 spiro atoms. The highest BCUT2D eigenvalue weighted by Gasteiger charge is 2.14. The molecule has 4 rings (SSSR count). The van der Waals surface area contributed by atoms with Gasteiger partial charge in [-0.25, -0.2) is 4.98 Å². The fourth-order valence-corrected chi connectivity index (χ4v) is 3.75. The number of hydrogen-bond donors (Lipinski definition) is 1. The fraction of sp³-hybridized carbons (Fsp3) is 0.292. The van der Waals surface area contributed by atoms with Crippen molar-refractivity contribution in [2.75, 3.05) is 6.54 Å². The van der Waals surface area contributed by atoms with E-state index in [0.29, 0.717) is 12.1 Å². The average molecular weight is 371 g/mol.